The van der Waals surface area contributed by atoms with Gasteiger partial charge in [-0.3, -0.25) is 9.59 Å². The highest BCUT2D eigenvalue weighted by atomic mass is 16.7. The molecule has 0 amide bonds. The highest BCUT2D eigenvalue weighted by Crippen LogP contribution is 2.41. The Morgan fingerprint density at radius 1 is 1.04 bits per heavy atom. The van der Waals surface area contributed by atoms with E-state index in [4.69, 9.17) is 23.9 Å². The van der Waals surface area contributed by atoms with Crippen LogP contribution in [0.4, 0.5) is 0 Å². The minimum absolute atomic E-state index is 0.00952. The van der Waals surface area contributed by atoms with Gasteiger partial charge in [-0.25, -0.2) is 14.6 Å². The molecule has 0 N–H and O–H groups in total. The molecule has 0 fully saturated rings. The molecular formula is C37H27BN3O8. The second kappa shape index (κ2) is 11.6. The number of oxime groups is 1. The minimum atomic E-state index is -1.89. The Morgan fingerprint density at radius 2 is 1.76 bits per heavy atom. The summed E-state index contributed by atoms with van der Waals surface area (Å²) in [6.45, 7) is 3.52. The Morgan fingerprint density at radius 3 is 2.45 bits per heavy atom. The highest BCUT2D eigenvalue weighted by Gasteiger charge is 2.51. The first-order valence-electron chi connectivity index (χ1n) is 15.8. The van der Waals surface area contributed by atoms with E-state index in [0.29, 0.717) is 34.6 Å². The van der Waals surface area contributed by atoms with Crippen molar-refractivity contribution in [3.05, 3.63) is 117 Å². The largest absolute Gasteiger partial charge is 0.535 e. The number of rotatable bonds is 8. The number of nitrogens with zero attached hydrogens (tertiary/aromatic N) is 3. The van der Waals surface area contributed by atoms with Gasteiger partial charge in [-0.05, 0) is 48.1 Å². The fourth-order valence-electron chi connectivity index (χ4n) is 6.86. The van der Waals surface area contributed by atoms with Crippen LogP contribution >= 0.6 is 0 Å². The fourth-order valence-corrected chi connectivity index (χ4v) is 6.86. The number of pyridine rings is 2. The van der Waals surface area contributed by atoms with Crippen molar-refractivity contribution >= 4 is 48.0 Å². The number of esters is 2. The van der Waals surface area contributed by atoms with Gasteiger partial charge in [0.2, 0.25) is 11.7 Å². The zero-order chi connectivity index (χ0) is 33.9. The molecule has 11 nitrogen and oxygen atoms in total. The maximum atomic E-state index is 13.9. The molecule has 1 radical (unpaired) electrons. The van der Waals surface area contributed by atoms with Gasteiger partial charge in [-0.15, -0.1) is 0 Å². The van der Waals surface area contributed by atoms with Crippen LogP contribution in [0.15, 0.2) is 88.8 Å². The highest BCUT2D eigenvalue weighted by molar-refractivity contribution is 6.48. The Kier molecular flexibility index (Phi) is 7.17. The SMILES string of the molecule is CC[C@@]1(OC(=O)C(C)ON=C2c3ccccc3-c3ccccc32)C(=O)OCc2c1cc1n(c2=O)Cc2cc3cc([B]OC=O)ccc3nc2-1. The Balaban J connectivity index is 1.12. The molecule has 3 aromatic carbocycles. The lowest BCUT2D eigenvalue weighted by atomic mass is 9.85. The third-order valence-corrected chi connectivity index (χ3v) is 9.32. The number of carbonyl (C=O) groups is 3. The summed E-state index contributed by atoms with van der Waals surface area (Å²) in [5, 5.41) is 5.17. The van der Waals surface area contributed by atoms with Gasteiger partial charge in [0.1, 0.15) is 12.3 Å². The van der Waals surface area contributed by atoms with Crippen molar-refractivity contribution in [2.75, 3.05) is 0 Å². The van der Waals surface area contributed by atoms with E-state index in [1.807, 2.05) is 60.7 Å². The lowest BCUT2D eigenvalue weighted by molar-refractivity contribution is -0.195. The van der Waals surface area contributed by atoms with Crippen LogP contribution in [0.25, 0.3) is 33.4 Å². The molecule has 2 atom stereocenters. The average molecular weight is 652 g/mol. The van der Waals surface area contributed by atoms with Crippen molar-refractivity contribution in [2.45, 2.75) is 45.1 Å². The van der Waals surface area contributed by atoms with Crippen molar-refractivity contribution in [3.8, 4) is 22.5 Å². The monoisotopic (exact) mass is 652 g/mol. The van der Waals surface area contributed by atoms with E-state index in [2.05, 4.69) is 5.16 Å². The molecule has 5 aromatic rings. The first kappa shape index (κ1) is 30.3. The smallest absolute Gasteiger partial charge is 0.412 e. The van der Waals surface area contributed by atoms with Crippen molar-refractivity contribution in [3.63, 3.8) is 0 Å². The molecule has 12 heteroatoms. The van der Waals surface area contributed by atoms with E-state index >= 15 is 0 Å². The van der Waals surface area contributed by atoms with E-state index in [1.54, 1.807) is 29.7 Å². The van der Waals surface area contributed by atoms with Crippen LogP contribution in [0.1, 0.15) is 48.1 Å². The third-order valence-electron chi connectivity index (χ3n) is 9.32. The third kappa shape index (κ3) is 4.74. The number of benzene rings is 3. The summed E-state index contributed by atoms with van der Waals surface area (Å²) in [5.41, 5.74) is 5.81. The number of aromatic nitrogens is 2. The summed E-state index contributed by atoms with van der Waals surface area (Å²) in [6, 6.07) is 24.6. The molecule has 1 unspecified atom stereocenters. The quantitative estimate of drug-likeness (QED) is 0.104. The van der Waals surface area contributed by atoms with E-state index in [0.717, 1.165) is 33.2 Å². The van der Waals surface area contributed by atoms with E-state index < -0.39 is 23.6 Å². The van der Waals surface area contributed by atoms with Gasteiger partial charge in [-0.1, -0.05) is 72.7 Å². The van der Waals surface area contributed by atoms with Crippen LogP contribution in [0.3, 0.4) is 0 Å². The number of carbonyl (C=O) groups excluding carboxylic acids is 3. The van der Waals surface area contributed by atoms with E-state index in [1.165, 1.54) is 14.4 Å². The summed E-state index contributed by atoms with van der Waals surface area (Å²) >= 11 is 0. The number of hydrogen-bond acceptors (Lipinski definition) is 10. The van der Waals surface area contributed by atoms with Gasteiger partial charge in [0.25, 0.3) is 12.0 Å². The van der Waals surface area contributed by atoms with Crippen LogP contribution in [0, 0.1) is 0 Å². The predicted octanol–water partition coefficient (Wildman–Crippen LogP) is 3.89. The lowest BCUT2D eigenvalue weighted by Gasteiger charge is -2.36. The average Bonchev–Trinajstić information content (AvgIpc) is 3.65. The maximum Gasteiger partial charge on any atom is 0.412 e. The summed E-state index contributed by atoms with van der Waals surface area (Å²) < 4.78 is 17.8. The first-order chi connectivity index (χ1) is 23.8. The summed E-state index contributed by atoms with van der Waals surface area (Å²) in [7, 11) is 1.33. The normalized spacial score (nSPS) is 17.1. The molecule has 0 saturated heterocycles. The van der Waals surface area contributed by atoms with Crippen LogP contribution in [0.5, 0.6) is 0 Å². The second-order valence-corrected chi connectivity index (χ2v) is 12.1. The molecule has 0 bridgehead atoms. The van der Waals surface area contributed by atoms with Gasteiger partial charge in [0, 0.05) is 27.6 Å². The van der Waals surface area contributed by atoms with E-state index in [9.17, 15) is 19.2 Å². The number of fused-ring (bicyclic) bond motifs is 8. The van der Waals surface area contributed by atoms with Gasteiger partial charge in [0.15, 0.2) is 0 Å². The summed E-state index contributed by atoms with van der Waals surface area (Å²) in [5.74, 6) is -1.62. The van der Waals surface area contributed by atoms with Crippen molar-refractivity contribution in [1.29, 1.82) is 0 Å². The first-order valence-corrected chi connectivity index (χ1v) is 15.8. The summed E-state index contributed by atoms with van der Waals surface area (Å²) in [6.07, 6.45) is -1.19. The van der Waals surface area contributed by atoms with E-state index in [-0.39, 0.29) is 36.3 Å². The Hall–Kier alpha value is -6.04. The molecule has 8 rings (SSSR count). The zero-order valence-electron chi connectivity index (χ0n) is 26.5. The van der Waals surface area contributed by atoms with Crippen molar-refractivity contribution < 1.29 is 33.3 Å². The predicted molar refractivity (Wildman–Crippen MR) is 179 cm³/mol. The Bertz CT molecular complexity index is 2290. The molecule has 2 aliphatic heterocycles. The van der Waals surface area contributed by atoms with Crippen LogP contribution in [-0.4, -0.2) is 47.3 Å². The lowest BCUT2D eigenvalue weighted by Crippen LogP contribution is -2.48. The standard InChI is InChI=1S/C37H27BN3O8/c1-3-37(48-35(44)20(2)49-40-33-26-10-6-4-8-24(26)25-9-5-7-11-27(25)33)29-16-31-32-22(17-41(31)34(43)28(29)18-46-36(37)45)14-21-15-23(38-47-19-42)12-13-30(21)39-32/h4-16,19-20H,3,17-18H2,1-2H3/t20?,37-/m0/s1. The van der Waals surface area contributed by atoms with Gasteiger partial charge in [0.05, 0.1) is 29.0 Å². The zero-order valence-corrected chi connectivity index (χ0v) is 26.5. The number of cyclic esters (lactones) is 1. The number of hydrogen-bond donors (Lipinski definition) is 0. The van der Waals surface area contributed by atoms with Crippen LogP contribution < -0.4 is 11.0 Å². The molecule has 1 aliphatic carbocycles. The second-order valence-electron chi connectivity index (χ2n) is 12.1. The molecular weight excluding hydrogens is 625 g/mol. The van der Waals surface area contributed by atoms with Gasteiger partial charge < -0.3 is 23.5 Å². The molecule has 2 aromatic heterocycles. The van der Waals surface area contributed by atoms with Gasteiger partial charge in [-0.2, -0.15) is 0 Å². The Labute approximate surface area is 280 Å². The fraction of sp³-hybridized carbons (Fsp3) is 0.189. The molecule has 49 heavy (non-hydrogen) atoms. The maximum absolute atomic E-state index is 13.9. The molecule has 0 saturated carbocycles. The number of ether oxygens (including phenoxy) is 2. The van der Waals surface area contributed by atoms with Crippen LogP contribution in [-0.2, 0) is 52.1 Å². The molecule has 241 valence electrons. The minimum Gasteiger partial charge on any atom is -0.535 e. The molecule has 4 heterocycles. The topological polar surface area (TPSA) is 135 Å². The van der Waals surface area contributed by atoms with Crippen molar-refractivity contribution in [1.82, 2.24) is 9.55 Å². The van der Waals surface area contributed by atoms with Crippen molar-refractivity contribution in [2.24, 2.45) is 5.16 Å². The molecule has 3 aliphatic rings. The van der Waals surface area contributed by atoms with Gasteiger partial charge >= 0.3 is 19.4 Å². The van der Waals surface area contributed by atoms with Crippen LogP contribution in [0.2, 0.25) is 0 Å². The summed E-state index contributed by atoms with van der Waals surface area (Å²) in [4.78, 5) is 62.3. The molecule has 0 spiro atoms.